The summed E-state index contributed by atoms with van der Waals surface area (Å²) in [5.41, 5.74) is 1.01. The van der Waals surface area contributed by atoms with Crippen LogP contribution < -0.4 is 5.32 Å². The number of pyridine rings is 1. The number of halogens is 2. The first kappa shape index (κ1) is 12.8. The predicted octanol–water partition coefficient (Wildman–Crippen LogP) is 4.35. The van der Waals surface area contributed by atoms with Crippen molar-refractivity contribution in [1.29, 1.82) is 0 Å². The van der Waals surface area contributed by atoms with Gasteiger partial charge in [-0.25, -0.2) is 4.98 Å². The van der Waals surface area contributed by atoms with Gasteiger partial charge >= 0.3 is 0 Å². The second-order valence-electron chi connectivity index (χ2n) is 3.77. The predicted molar refractivity (Wildman–Crippen MR) is 69.5 cm³/mol. The summed E-state index contributed by atoms with van der Waals surface area (Å²) in [6.45, 7) is 5.43. The number of aromatic nitrogens is 1. The lowest BCUT2D eigenvalue weighted by Crippen LogP contribution is -2.11. The average molecular weight is 292 g/mol. The summed E-state index contributed by atoms with van der Waals surface area (Å²) in [5, 5.41) is 3.85. The van der Waals surface area contributed by atoms with Gasteiger partial charge in [-0.05, 0) is 34.3 Å². The lowest BCUT2D eigenvalue weighted by molar-refractivity contribution is 0.550. The number of rotatable bonds is 5. The molecule has 1 N–H and O–H groups in total. The Hall–Kier alpha value is -0.280. The van der Waals surface area contributed by atoms with Crippen molar-refractivity contribution >= 4 is 33.2 Å². The summed E-state index contributed by atoms with van der Waals surface area (Å²) in [4.78, 5) is 4.06. The number of hydrogen-bond acceptors (Lipinski definition) is 2. The van der Waals surface area contributed by atoms with Crippen LogP contribution in [-0.2, 0) is 0 Å². The molecule has 1 heterocycles. The molecule has 1 rings (SSSR count). The molecule has 1 aromatic heterocycles. The van der Waals surface area contributed by atoms with E-state index in [1.807, 2.05) is 6.07 Å². The maximum Gasteiger partial charge on any atom is 0.143 e. The zero-order valence-electron chi connectivity index (χ0n) is 9.06. The van der Waals surface area contributed by atoms with Gasteiger partial charge in [-0.2, -0.15) is 0 Å². The van der Waals surface area contributed by atoms with Gasteiger partial charge in [0.2, 0.25) is 0 Å². The summed E-state index contributed by atoms with van der Waals surface area (Å²) < 4.78 is 0.831. The SMILES string of the molecule is CCCC(C)CNc1cnc(Cl)c(Br)c1. The molecule has 0 amide bonds. The lowest BCUT2D eigenvalue weighted by Gasteiger charge is -2.12. The highest BCUT2D eigenvalue weighted by atomic mass is 79.9. The molecular formula is C11H16BrClN2. The molecule has 1 aromatic rings. The molecule has 0 aromatic carbocycles. The van der Waals surface area contributed by atoms with Crippen LogP contribution in [-0.4, -0.2) is 11.5 Å². The summed E-state index contributed by atoms with van der Waals surface area (Å²) in [6.07, 6.45) is 4.23. The van der Waals surface area contributed by atoms with Crippen LogP contribution in [0.3, 0.4) is 0 Å². The van der Waals surface area contributed by atoms with Crippen molar-refractivity contribution < 1.29 is 0 Å². The highest BCUT2D eigenvalue weighted by Gasteiger charge is 2.02. The zero-order chi connectivity index (χ0) is 11.3. The molecule has 0 fully saturated rings. The lowest BCUT2D eigenvalue weighted by atomic mass is 10.1. The van der Waals surface area contributed by atoms with Crippen molar-refractivity contribution in [3.05, 3.63) is 21.9 Å². The Kier molecular flexibility index (Phi) is 5.40. The van der Waals surface area contributed by atoms with E-state index in [2.05, 4.69) is 40.1 Å². The van der Waals surface area contributed by atoms with E-state index in [4.69, 9.17) is 11.6 Å². The van der Waals surface area contributed by atoms with E-state index in [-0.39, 0.29) is 0 Å². The molecule has 15 heavy (non-hydrogen) atoms. The van der Waals surface area contributed by atoms with Gasteiger partial charge in [0.05, 0.1) is 16.4 Å². The molecule has 0 saturated heterocycles. The van der Waals surface area contributed by atoms with Gasteiger partial charge in [0, 0.05) is 6.54 Å². The van der Waals surface area contributed by atoms with Gasteiger partial charge in [-0.15, -0.1) is 0 Å². The Labute approximate surface area is 105 Å². The van der Waals surface area contributed by atoms with Gasteiger partial charge < -0.3 is 5.32 Å². The quantitative estimate of drug-likeness (QED) is 0.816. The van der Waals surface area contributed by atoms with E-state index >= 15 is 0 Å². The first-order chi connectivity index (χ1) is 7.13. The van der Waals surface area contributed by atoms with Gasteiger partial charge in [0.15, 0.2) is 0 Å². The van der Waals surface area contributed by atoms with E-state index in [1.165, 1.54) is 12.8 Å². The van der Waals surface area contributed by atoms with Crippen LogP contribution in [0.4, 0.5) is 5.69 Å². The number of hydrogen-bond donors (Lipinski definition) is 1. The van der Waals surface area contributed by atoms with Gasteiger partial charge in [-0.1, -0.05) is 31.9 Å². The minimum absolute atomic E-state index is 0.502. The second-order valence-corrected chi connectivity index (χ2v) is 4.98. The molecule has 84 valence electrons. The van der Waals surface area contributed by atoms with E-state index in [1.54, 1.807) is 6.20 Å². The second kappa shape index (κ2) is 6.33. The maximum atomic E-state index is 5.81. The fraction of sp³-hybridized carbons (Fsp3) is 0.545. The number of anilines is 1. The third-order valence-electron chi connectivity index (χ3n) is 2.23. The zero-order valence-corrected chi connectivity index (χ0v) is 11.4. The summed E-state index contributed by atoms with van der Waals surface area (Å²) >= 11 is 9.16. The highest BCUT2D eigenvalue weighted by Crippen LogP contribution is 2.23. The smallest absolute Gasteiger partial charge is 0.143 e. The Morgan fingerprint density at radius 3 is 2.93 bits per heavy atom. The third-order valence-corrected chi connectivity index (χ3v) is 3.37. The Bertz CT molecular complexity index is 317. The Balaban J connectivity index is 2.47. The van der Waals surface area contributed by atoms with Crippen molar-refractivity contribution in [2.75, 3.05) is 11.9 Å². The minimum atomic E-state index is 0.502. The van der Waals surface area contributed by atoms with Crippen molar-refractivity contribution in [1.82, 2.24) is 4.98 Å². The molecule has 0 radical (unpaired) electrons. The molecule has 0 spiro atoms. The van der Waals surface area contributed by atoms with Gasteiger partial charge in [0.25, 0.3) is 0 Å². The molecule has 0 saturated carbocycles. The fourth-order valence-corrected chi connectivity index (χ4v) is 1.86. The molecule has 0 bridgehead atoms. The fourth-order valence-electron chi connectivity index (χ4n) is 1.40. The highest BCUT2D eigenvalue weighted by molar-refractivity contribution is 9.10. The molecule has 1 unspecified atom stereocenters. The molecular weight excluding hydrogens is 275 g/mol. The number of nitrogens with zero attached hydrogens (tertiary/aromatic N) is 1. The summed E-state index contributed by atoms with van der Waals surface area (Å²) in [7, 11) is 0. The van der Waals surface area contributed by atoms with Crippen LogP contribution in [0, 0.1) is 5.92 Å². The van der Waals surface area contributed by atoms with Crippen LogP contribution in [0.5, 0.6) is 0 Å². The van der Waals surface area contributed by atoms with Crippen LogP contribution >= 0.6 is 27.5 Å². The van der Waals surface area contributed by atoms with Crippen molar-refractivity contribution in [2.45, 2.75) is 26.7 Å². The van der Waals surface area contributed by atoms with Gasteiger partial charge in [0.1, 0.15) is 5.15 Å². The van der Waals surface area contributed by atoms with E-state index < -0.39 is 0 Å². The maximum absolute atomic E-state index is 5.81. The molecule has 2 nitrogen and oxygen atoms in total. The van der Waals surface area contributed by atoms with E-state index in [0.29, 0.717) is 11.1 Å². The van der Waals surface area contributed by atoms with Crippen LogP contribution in [0.15, 0.2) is 16.7 Å². The summed E-state index contributed by atoms with van der Waals surface area (Å²) in [6, 6.07) is 1.95. The van der Waals surface area contributed by atoms with Gasteiger partial charge in [-0.3, -0.25) is 0 Å². The van der Waals surface area contributed by atoms with E-state index in [9.17, 15) is 0 Å². The number of nitrogens with one attached hydrogen (secondary N) is 1. The summed E-state index contributed by atoms with van der Waals surface area (Å²) in [5.74, 6) is 0.685. The minimum Gasteiger partial charge on any atom is -0.384 e. The first-order valence-corrected chi connectivity index (χ1v) is 6.35. The van der Waals surface area contributed by atoms with Crippen LogP contribution in [0.1, 0.15) is 26.7 Å². The normalized spacial score (nSPS) is 12.5. The van der Waals surface area contributed by atoms with Crippen molar-refractivity contribution in [3.63, 3.8) is 0 Å². The average Bonchev–Trinajstić information content (AvgIpc) is 2.20. The molecule has 0 aliphatic carbocycles. The largest absolute Gasteiger partial charge is 0.384 e. The van der Waals surface area contributed by atoms with Crippen molar-refractivity contribution in [3.8, 4) is 0 Å². The topological polar surface area (TPSA) is 24.9 Å². The molecule has 0 aliphatic heterocycles. The van der Waals surface area contributed by atoms with Crippen molar-refractivity contribution in [2.24, 2.45) is 5.92 Å². The standard InChI is InChI=1S/C11H16BrClN2/c1-3-4-8(2)6-14-9-5-10(12)11(13)15-7-9/h5,7-8,14H,3-4,6H2,1-2H3. The molecule has 1 atom stereocenters. The Morgan fingerprint density at radius 1 is 1.60 bits per heavy atom. The van der Waals surface area contributed by atoms with Crippen LogP contribution in [0.2, 0.25) is 5.15 Å². The Morgan fingerprint density at radius 2 is 2.33 bits per heavy atom. The third kappa shape index (κ3) is 4.39. The molecule has 0 aliphatic rings. The first-order valence-electron chi connectivity index (χ1n) is 5.18. The monoisotopic (exact) mass is 290 g/mol. The van der Waals surface area contributed by atoms with E-state index in [0.717, 1.165) is 16.7 Å². The molecule has 4 heteroatoms. The van der Waals surface area contributed by atoms with Crippen LogP contribution in [0.25, 0.3) is 0 Å².